The Kier molecular flexibility index (Phi) is 7.88. The number of aromatic nitrogens is 1. The predicted molar refractivity (Wildman–Crippen MR) is 138 cm³/mol. The average molecular weight is 499 g/mol. The van der Waals surface area contributed by atoms with Crippen LogP contribution in [0.4, 0.5) is 5.69 Å². The second-order valence-corrected chi connectivity index (χ2v) is 10.1. The Bertz CT molecular complexity index is 1130. The minimum Gasteiger partial charge on any atom is -0.497 e. The monoisotopic (exact) mass is 498 g/mol. The van der Waals surface area contributed by atoms with Gasteiger partial charge in [0.15, 0.2) is 0 Å². The van der Waals surface area contributed by atoms with Crippen molar-refractivity contribution in [2.24, 2.45) is 0 Å². The van der Waals surface area contributed by atoms with Crippen molar-refractivity contribution in [1.82, 2.24) is 14.8 Å². The minimum absolute atomic E-state index is 0.107. The van der Waals surface area contributed by atoms with E-state index < -0.39 is 5.54 Å². The summed E-state index contributed by atoms with van der Waals surface area (Å²) >= 11 is 0. The number of carbonyl (C=O) groups is 3. The number of benzene rings is 1. The summed E-state index contributed by atoms with van der Waals surface area (Å²) in [5.74, 6) is -0.127. The maximum atomic E-state index is 14.0. The van der Waals surface area contributed by atoms with Crippen LogP contribution in [0.15, 0.2) is 18.2 Å². The normalized spacial score (nSPS) is 21.0. The van der Waals surface area contributed by atoms with Crippen molar-refractivity contribution < 1.29 is 23.9 Å². The largest absolute Gasteiger partial charge is 0.497 e. The molecule has 1 fully saturated rings. The molecule has 2 aromatic rings. The lowest BCUT2D eigenvalue weighted by molar-refractivity contribution is -0.134. The summed E-state index contributed by atoms with van der Waals surface area (Å²) in [6.07, 6.45) is 7.75. The van der Waals surface area contributed by atoms with Crippen LogP contribution in [0, 0.1) is 0 Å². The van der Waals surface area contributed by atoms with Gasteiger partial charge in [-0.2, -0.15) is 0 Å². The minimum atomic E-state index is -1.12. The molecule has 9 heteroatoms. The van der Waals surface area contributed by atoms with Crippen LogP contribution < -0.4 is 15.4 Å². The molecule has 1 aliphatic carbocycles. The first kappa shape index (κ1) is 26.0. The molecule has 2 heterocycles. The van der Waals surface area contributed by atoms with Gasteiger partial charge in [0.25, 0.3) is 5.91 Å². The van der Waals surface area contributed by atoms with Crippen molar-refractivity contribution in [3.8, 4) is 5.75 Å². The average Bonchev–Trinajstić information content (AvgIpc) is 3.12. The highest BCUT2D eigenvalue weighted by Crippen LogP contribution is 2.40. The second-order valence-electron chi connectivity index (χ2n) is 10.1. The van der Waals surface area contributed by atoms with E-state index in [0.29, 0.717) is 29.1 Å². The molecule has 1 atom stereocenters. The molecular weight excluding hydrogens is 460 g/mol. The summed E-state index contributed by atoms with van der Waals surface area (Å²) in [4.78, 5) is 41.6. The summed E-state index contributed by atoms with van der Waals surface area (Å²) < 4.78 is 12.6. The highest BCUT2D eigenvalue weighted by Gasteiger charge is 2.49. The van der Waals surface area contributed by atoms with E-state index in [9.17, 15) is 14.4 Å². The van der Waals surface area contributed by atoms with Crippen LogP contribution in [-0.4, -0.2) is 66.1 Å². The summed E-state index contributed by atoms with van der Waals surface area (Å²) in [5, 5.41) is 6.84. The molecule has 0 unspecified atom stereocenters. The van der Waals surface area contributed by atoms with Gasteiger partial charge in [-0.15, -0.1) is 0 Å². The van der Waals surface area contributed by atoms with E-state index in [1.807, 2.05) is 29.7 Å². The highest BCUT2D eigenvalue weighted by atomic mass is 16.5. The summed E-state index contributed by atoms with van der Waals surface area (Å²) in [7, 11) is 3.15. The number of nitrogens with zero attached hydrogens (tertiary/aromatic N) is 2. The lowest BCUT2D eigenvalue weighted by Crippen LogP contribution is -2.65. The van der Waals surface area contributed by atoms with Crippen LogP contribution in [0.25, 0.3) is 10.9 Å². The molecule has 0 radical (unpaired) electrons. The molecule has 1 aliphatic heterocycles. The zero-order valence-corrected chi connectivity index (χ0v) is 21.8. The molecule has 0 bridgehead atoms. The van der Waals surface area contributed by atoms with E-state index in [0.717, 1.165) is 31.2 Å². The molecule has 9 nitrogen and oxygen atoms in total. The number of methoxy groups -OCH3 is 2. The fourth-order valence-corrected chi connectivity index (χ4v) is 5.56. The van der Waals surface area contributed by atoms with Gasteiger partial charge in [0, 0.05) is 32.0 Å². The van der Waals surface area contributed by atoms with Crippen molar-refractivity contribution in [2.45, 2.75) is 76.9 Å². The number of ether oxygens (including phenoxy) is 2. The number of fused-ring (bicyclic) bond motifs is 3. The number of rotatable bonds is 7. The molecule has 2 aliphatic rings. The van der Waals surface area contributed by atoms with Crippen molar-refractivity contribution >= 4 is 34.3 Å². The van der Waals surface area contributed by atoms with Gasteiger partial charge >= 0.3 is 0 Å². The van der Waals surface area contributed by atoms with Crippen LogP contribution in [0.5, 0.6) is 5.75 Å². The third kappa shape index (κ3) is 4.93. The van der Waals surface area contributed by atoms with Crippen molar-refractivity contribution in [2.75, 3.05) is 32.7 Å². The molecule has 1 saturated carbocycles. The van der Waals surface area contributed by atoms with Gasteiger partial charge < -0.3 is 29.6 Å². The summed E-state index contributed by atoms with van der Waals surface area (Å²) in [6.45, 7) is 4.06. The summed E-state index contributed by atoms with van der Waals surface area (Å²) in [5.41, 5.74) is 0.441. The Hall–Kier alpha value is -3.07. The molecule has 36 heavy (non-hydrogen) atoms. The fraction of sp³-hybridized carbons (Fsp3) is 0.593. The zero-order valence-electron chi connectivity index (χ0n) is 21.8. The number of anilines is 1. The Morgan fingerprint density at radius 2 is 1.81 bits per heavy atom. The predicted octanol–water partition coefficient (Wildman–Crippen LogP) is 3.70. The molecular formula is C27H38N4O5. The van der Waals surface area contributed by atoms with E-state index >= 15 is 0 Å². The number of hydrogen-bond donors (Lipinski definition) is 2. The molecule has 0 saturated heterocycles. The highest BCUT2D eigenvalue weighted by molar-refractivity contribution is 6.14. The van der Waals surface area contributed by atoms with Crippen molar-refractivity contribution in [3.05, 3.63) is 23.9 Å². The van der Waals surface area contributed by atoms with Crippen molar-refractivity contribution in [3.63, 3.8) is 0 Å². The number of nitrogens with one attached hydrogen (secondary N) is 2. The maximum Gasteiger partial charge on any atom is 0.273 e. The Morgan fingerprint density at radius 1 is 1.11 bits per heavy atom. The van der Waals surface area contributed by atoms with Gasteiger partial charge in [0.05, 0.1) is 31.5 Å². The number of carbonyl (C=O) groups excluding carboxylic acids is 3. The third-order valence-corrected chi connectivity index (χ3v) is 7.53. The van der Waals surface area contributed by atoms with Crippen molar-refractivity contribution in [1.29, 1.82) is 0 Å². The van der Waals surface area contributed by atoms with Gasteiger partial charge in [-0.25, -0.2) is 0 Å². The molecule has 1 aromatic carbocycles. The first-order valence-electron chi connectivity index (χ1n) is 12.9. The van der Waals surface area contributed by atoms with Gasteiger partial charge in [0.2, 0.25) is 11.8 Å². The molecule has 0 spiro atoms. The van der Waals surface area contributed by atoms with Gasteiger partial charge in [-0.3, -0.25) is 14.4 Å². The summed E-state index contributed by atoms with van der Waals surface area (Å²) in [6, 6.07) is 5.61. The SMILES string of the molecule is COCCN1C(=O)c2c(NC(C)=O)c3cc(OC)ccc3n2C[C@@]1(C)C(=O)NC1CCCCCCC1. The first-order chi connectivity index (χ1) is 17.3. The molecule has 196 valence electrons. The van der Waals surface area contributed by atoms with E-state index in [1.54, 1.807) is 19.1 Å². The smallest absolute Gasteiger partial charge is 0.273 e. The van der Waals surface area contributed by atoms with Gasteiger partial charge in [-0.1, -0.05) is 32.1 Å². The number of amides is 3. The zero-order chi connectivity index (χ0) is 25.9. The van der Waals surface area contributed by atoms with Gasteiger partial charge in [-0.05, 0) is 38.0 Å². The van der Waals surface area contributed by atoms with Crippen LogP contribution in [0.3, 0.4) is 0 Å². The Morgan fingerprint density at radius 3 is 2.44 bits per heavy atom. The molecule has 1 aromatic heterocycles. The third-order valence-electron chi connectivity index (χ3n) is 7.53. The van der Waals surface area contributed by atoms with Crippen LogP contribution >= 0.6 is 0 Å². The van der Waals surface area contributed by atoms with E-state index in [4.69, 9.17) is 9.47 Å². The number of hydrogen-bond acceptors (Lipinski definition) is 5. The van der Waals surface area contributed by atoms with E-state index in [2.05, 4.69) is 10.6 Å². The fourth-order valence-electron chi connectivity index (χ4n) is 5.56. The molecule has 2 N–H and O–H groups in total. The Balaban J connectivity index is 1.78. The topological polar surface area (TPSA) is 102 Å². The lowest BCUT2D eigenvalue weighted by Gasteiger charge is -2.44. The first-order valence-corrected chi connectivity index (χ1v) is 12.9. The standard InChI is InChI=1S/C27H38N4O5/c1-18(32)28-23-21-16-20(36-4)12-13-22(21)30-17-27(2,31(14-15-35-3)25(33)24(23)30)26(34)29-19-10-8-6-5-7-9-11-19/h12-13,16,19H,5-11,14-15,17H2,1-4H3,(H,28,32)(H,29,34)/t27-/m0/s1. The van der Waals surface area contributed by atoms with Crippen LogP contribution in [0.2, 0.25) is 0 Å². The van der Waals surface area contributed by atoms with Gasteiger partial charge in [0.1, 0.15) is 17.0 Å². The molecule has 3 amide bonds. The van der Waals surface area contributed by atoms with E-state index in [1.165, 1.54) is 26.2 Å². The molecule has 4 rings (SSSR count). The van der Waals surface area contributed by atoms with E-state index in [-0.39, 0.29) is 36.9 Å². The lowest BCUT2D eigenvalue weighted by atomic mass is 9.92. The quantitative estimate of drug-likeness (QED) is 0.606. The van der Waals surface area contributed by atoms with Crippen LogP contribution in [-0.2, 0) is 20.9 Å². The maximum absolute atomic E-state index is 14.0. The second kappa shape index (κ2) is 10.9. The van der Waals surface area contributed by atoms with Crippen LogP contribution in [0.1, 0.15) is 69.3 Å². The Labute approximate surface area is 212 Å².